The highest BCUT2D eigenvalue weighted by atomic mass is 32.1. The van der Waals surface area contributed by atoms with Crippen LogP contribution in [0.15, 0.2) is 36.7 Å². The van der Waals surface area contributed by atoms with Crippen molar-refractivity contribution in [1.29, 1.82) is 0 Å². The molecule has 15 heteroatoms. The summed E-state index contributed by atoms with van der Waals surface area (Å²) in [5.41, 5.74) is 2.38. The van der Waals surface area contributed by atoms with Crippen LogP contribution in [0, 0.1) is 12.8 Å². The number of fused-ring (bicyclic) bond motifs is 1. The van der Waals surface area contributed by atoms with Crippen molar-refractivity contribution in [1.82, 2.24) is 19.9 Å². The van der Waals surface area contributed by atoms with Gasteiger partial charge in [0.1, 0.15) is 33.9 Å². The van der Waals surface area contributed by atoms with Gasteiger partial charge in [0, 0.05) is 36.9 Å². The third-order valence-corrected chi connectivity index (χ3v) is 7.84. The molecule has 0 saturated heterocycles. The van der Waals surface area contributed by atoms with Crippen molar-refractivity contribution < 1.29 is 38.0 Å². The average molecular weight is 593 g/mol. The number of aromatic nitrogens is 4. The number of hydrogen-bond donors (Lipinski definition) is 5. The van der Waals surface area contributed by atoms with Gasteiger partial charge in [-0.15, -0.1) is 24.5 Å². The SMILES string of the molecule is COc1cc(OC(F)(F)F)ccc1CNc1nc(C)c(-c2nc3cnccc3s2)c(NC2C[C@H](CO)[C@@H](O)[C@H]2O)n1. The smallest absolute Gasteiger partial charge is 0.496 e. The molecule has 0 aliphatic heterocycles. The Balaban J connectivity index is 1.46. The third-order valence-electron chi connectivity index (χ3n) is 6.78. The van der Waals surface area contributed by atoms with Gasteiger partial charge in [0.2, 0.25) is 5.95 Å². The summed E-state index contributed by atoms with van der Waals surface area (Å²) in [6.07, 6.45) is -3.46. The van der Waals surface area contributed by atoms with Gasteiger partial charge in [-0.05, 0) is 31.5 Å². The van der Waals surface area contributed by atoms with E-state index in [0.717, 1.165) is 10.8 Å². The molecule has 3 heterocycles. The van der Waals surface area contributed by atoms with Gasteiger partial charge in [-0.25, -0.2) is 9.97 Å². The number of pyridine rings is 1. The van der Waals surface area contributed by atoms with E-state index in [9.17, 15) is 28.5 Å². The minimum Gasteiger partial charge on any atom is -0.496 e. The molecule has 1 fully saturated rings. The second kappa shape index (κ2) is 11.6. The highest BCUT2D eigenvalue weighted by Gasteiger charge is 2.41. The molecule has 5 rings (SSSR count). The van der Waals surface area contributed by atoms with Crippen molar-refractivity contribution in [3.05, 3.63) is 47.9 Å². The van der Waals surface area contributed by atoms with Gasteiger partial charge in [0.15, 0.2) is 0 Å². The molecule has 0 spiro atoms. The zero-order valence-electron chi connectivity index (χ0n) is 21.9. The van der Waals surface area contributed by atoms with Crippen LogP contribution in [0.4, 0.5) is 24.9 Å². The lowest BCUT2D eigenvalue weighted by Crippen LogP contribution is -2.35. The second-order valence-electron chi connectivity index (χ2n) is 9.50. The number of thiazole rings is 1. The fraction of sp³-hybridized carbons (Fsp3) is 0.385. The van der Waals surface area contributed by atoms with Gasteiger partial charge in [0.25, 0.3) is 0 Å². The summed E-state index contributed by atoms with van der Waals surface area (Å²) in [5, 5.41) is 37.5. The maximum atomic E-state index is 12.6. The van der Waals surface area contributed by atoms with Crippen LogP contribution in [0.25, 0.3) is 20.8 Å². The number of benzene rings is 1. The van der Waals surface area contributed by atoms with Crippen LogP contribution in [0.3, 0.4) is 0 Å². The normalized spacial score (nSPS) is 20.8. The molecule has 11 nitrogen and oxygen atoms in total. The minimum atomic E-state index is -4.83. The lowest BCUT2D eigenvalue weighted by Gasteiger charge is -2.21. The Morgan fingerprint density at radius 2 is 1.93 bits per heavy atom. The molecule has 1 saturated carbocycles. The van der Waals surface area contributed by atoms with Crippen molar-refractivity contribution >= 4 is 33.3 Å². The Kier molecular flexibility index (Phi) is 8.13. The topological polar surface area (TPSA) is 155 Å². The molecule has 4 aromatic rings. The number of rotatable bonds is 9. The standard InChI is InChI=1S/C26H27F3N6O5S/c1-12-20(24-34-17-10-30-6-5-19(17)41-24)23(33-16-7-14(11-36)21(37)22(16)38)35-25(32-12)31-9-13-3-4-15(8-18(13)39-2)40-26(27,28)29/h3-6,8,10,14,16,21-22,36-38H,7,9,11H2,1-2H3,(H2,31,32,33,35)/t14-,16?,21-,22+/m1/s1. The summed E-state index contributed by atoms with van der Waals surface area (Å²) in [6, 6.07) is 4.99. The van der Waals surface area contributed by atoms with Crippen molar-refractivity contribution in [3.63, 3.8) is 0 Å². The number of aliphatic hydroxyl groups excluding tert-OH is 3. The van der Waals surface area contributed by atoms with Crippen molar-refractivity contribution in [2.75, 3.05) is 24.4 Å². The summed E-state index contributed by atoms with van der Waals surface area (Å²) in [4.78, 5) is 18.0. The Morgan fingerprint density at radius 1 is 1.12 bits per heavy atom. The van der Waals surface area contributed by atoms with Gasteiger partial charge >= 0.3 is 6.36 Å². The van der Waals surface area contributed by atoms with Gasteiger partial charge in [-0.3, -0.25) is 4.98 Å². The predicted molar refractivity (Wildman–Crippen MR) is 145 cm³/mol. The number of aliphatic hydroxyl groups is 3. The lowest BCUT2D eigenvalue weighted by atomic mass is 10.1. The highest BCUT2D eigenvalue weighted by Crippen LogP contribution is 2.38. The molecule has 1 aromatic carbocycles. The van der Waals surface area contributed by atoms with Gasteiger partial charge in [-0.2, -0.15) is 4.98 Å². The van der Waals surface area contributed by atoms with Gasteiger partial charge in [0.05, 0.1) is 41.4 Å². The summed E-state index contributed by atoms with van der Waals surface area (Å²) in [5.74, 6) is -0.196. The first-order chi connectivity index (χ1) is 19.6. The number of ether oxygens (including phenoxy) is 2. The largest absolute Gasteiger partial charge is 0.573 e. The van der Waals surface area contributed by atoms with E-state index in [4.69, 9.17) is 4.74 Å². The van der Waals surface area contributed by atoms with Crippen LogP contribution in [0.1, 0.15) is 17.7 Å². The Morgan fingerprint density at radius 3 is 2.61 bits per heavy atom. The first-order valence-electron chi connectivity index (χ1n) is 12.6. The van der Waals surface area contributed by atoms with E-state index in [1.54, 1.807) is 19.3 Å². The molecular weight excluding hydrogens is 565 g/mol. The molecule has 1 aliphatic carbocycles. The monoisotopic (exact) mass is 592 g/mol. The van der Waals surface area contributed by atoms with Crippen molar-refractivity contribution in [3.8, 4) is 22.1 Å². The maximum Gasteiger partial charge on any atom is 0.573 e. The second-order valence-corrected chi connectivity index (χ2v) is 10.5. The number of nitrogens with one attached hydrogen (secondary N) is 2. The van der Waals surface area contributed by atoms with Crippen LogP contribution < -0.4 is 20.1 Å². The zero-order valence-corrected chi connectivity index (χ0v) is 22.7. The van der Waals surface area contributed by atoms with Crippen molar-refractivity contribution in [2.24, 2.45) is 5.92 Å². The van der Waals surface area contributed by atoms with Crippen LogP contribution in [-0.2, 0) is 6.54 Å². The number of anilines is 2. The Hall–Kier alpha value is -3.79. The maximum absolute atomic E-state index is 12.6. The summed E-state index contributed by atoms with van der Waals surface area (Å²) < 4.78 is 48.0. The molecule has 41 heavy (non-hydrogen) atoms. The molecule has 4 atom stereocenters. The molecule has 1 unspecified atom stereocenters. The van der Waals surface area contributed by atoms with E-state index < -0.39 is 36.3 Å². The fourth-order valence-corrected chi connectivity index (χ4v) is 5.80. The highest BCUT2D eigenvalue weighted by molar-refractivity contribution is 7.21. The Labute approximate surface area is 236 Å². The molecule has 3 aromatic heterocycles. The first-order valence-corrected chi connectivity index (χ1v) is 13.4. The lowest BCUT2D eigenvalue weighted by molar-refractivity contribution is -0.274. The van der Waals surface area contributed by atoms with Crippen LogP contribution in [0.2, 0.25) is 0 Å². The molecule has 0 amide bonds. The number of methoxy groups -OCH3 is 1. The van der Waals surface area contributed by atoms with E-state index in [1.807, 2.05) is 6.07 Å². The molecular formula is C26H27F3N6O5S. The molecule has 0 radical (unpaired) electrons. The zero-order chi connectivity index (χ0) is 29.3. The summed E-state index contributed by atoms with van der Waals surface area (Å²) >= 11 is 1.42. The quantitative estimate of drug-likeness (QED) is 0.194. The first kappa shape index (κ1) is 28.7. The summed E-state index contributed by atoms with van der Waals surface area (Å²) in [7, 11) is 1.34. The van der Waals surface area contributed by atoms with E-state index in [0.29, 0.717) is 39.6 Å². The van der Waals surface area contributed by atoms with Crippen LogP contribution in [0.5, 0.6) is 11.5 Å². The Bertz CT molecular complexity index is 1500. The predicted octanol–water partition coefficient (Wildman–Crippen LogP) is 3.49. The van der Waals surface area contributed by atoms with Gasteiger partial charge < -0.3 is 35.4 Å². The van der Waals surface area contributed by atoms with E-state index >= 15 is 0 Å². The third kappa shape index (κ3) is 6.27. The fourth-order valence-electron chi connectivity index (χ4n) is 4.77. The molecule has 218 valence electrons. The molecule has 0 bridgehead atoms. The number of hydrogen-bond acceptors (Lipinski definition) is 12. The average Bonchev–Trinajstić information content (AvgIpc) is 3.47. The van der Waals surface area contributed by atoms with Crippen LogP contribution >= 0.6 is 11.3 Å². The minimum absolute atomic E-state index is 0.109. The van der Waals surface area contributed by atoms with Crippen molar-refractivity contribution in [2.45, 2.75) is 44.5 Å². The van der Waals surface area contributed by atoms with Crippen LogP contribution in [-0.4, -0.2) is 73.6 Å². The number of nitrogens with zero attached hydrogens (tertiary/aromatic N) is 4. The number of aryl methyl sites for hydroxylation is 1. The number of halogens is 3. The number of alkyl halides is 3. The summed E-state index contributed by atoms with van der Waals surface area (Å²) in [6.45, 7) is 1.61. The van der Waals surface area contributed by atoms with E-state index in [-0.39, 0.29) is 24.8 Å². The van der Waals surface area contributed by atoms with E-state index in [2.05, 4.69) is 35.3 Å². The van der Waals surface area contributed by atoms with E-state index in [1.165, 1.54) is 30.6 Å². The molecule has 1 aliphatic rings. The molecule has 5 N–H and O–H groups in total. The van der Waals surface area contributed by atoms with Gasteiger partial charge in [-0.1, -0.05) is 0 Å².